The number of hydrogen-bond acceptors (Lipinski definition) is 4. The number of halogens is 1. The van der Waals surface area contributed by atoms with Gasteiger partial charge in [0.15, 0.2) is 0 Å². The number of aryl methyl sites for hydroxylation is 1. The number of pyridine rings is 1. The molecule has 0 saturated carbocycles. The Morgan fingerprint density at radius 1 is 1.07 bits per heavy atom. The molecule has 1 aliphatic rings. The molecule has 0 amide bonds. The first-order chi connectivity index (χ1) is 14.0. The van der Waals surface area contributed by atoms with E-state index in [0.717, 1.165) is 21.6 Å². The first kappa shape index (κ1) is 21.1. The molecular formula is C24H15FNNaO2S. The van der Waals surface area contributed by atoms with E-state index < -0.39 is 11.8 Å². The molecule has 0 unspecified atom stereocenters. The fourth-order valence-corrected chi connectivity index (χ4v) is 4.97. The third-order valence-electron chi connectivity index (χ3n) is 5.21. The number of carbonyl (C=O) groups excluding carboxylic acids is 1. The zero-order valence-corrected chi connectivity index (χ0v) is 19.3. The van der Waals surface area contributed by atoms with Crippen molar-refractivity contribution in [2.24, 2.45) is 0 Å². The fraction of sp³-hybridized carbons (Fsp3) is 0.0833. The maximum absolute atomic E-state index is 13.7. The van der Waals surface area contributed by atoms with E-state index in [4.69, 9.17) is 0 Å². The van der Waals surface area contributed by atoms with Gasteiger partial charge in [-0.1, -0.05) is 42.0 Å². The minimum Gasteiger partial charge on any atom is -0.545 e. The molecular weight excluding hydrogens is 408 g/mol. The van der Waals surface area contributed by atoms with Gasteiger partial charge < -0.3 is 9.90 Å². The number of carboxylic acid groups (broad SMARTS) is 1. The minimum atomic E-state index is -1.31. The van der Waals surface area contributed by atoms with Crippen LogP contribution < -0.4 is 34.7 Å². The summed E-state index contributed by atoms with van der Waals surface area (Å²) in [5.41, 5.74) is 6.02. The molecule has 0 saturated heterocycles. The quantitative estimate of drug-likeness (QED) is 0.463. The summed E-state index contributed by atoms with van der Waals surface area (Å²) in [5.74, 6) is -1.35. The Balaban J connectivity index is 0.00000218. The van der Waals surface area contributed by atoms with Gasteiger partial charge in [0.05, 0.1) is 17.2 Å². The average molecular weight is 423 g/mol. The van der Waals surface area contributed by atoms with Gasteiger partial charge in [-0.05, 0) is 47.9 Å². The number of carboxylic acids is 1. The van der Waals surface area contributed by atoms with Crippen LogP contribution in [0.25, 0.3) is 33.3 Å². The molecule has 0 bridgehead atoms. The predicted molar refractivity (Wildman–Crippen MR) is 111 cm³/mol. The van der Waals surface area contributed by atoms with E-state index in [1.807, 2.05) is 18.2 Å². The first-order valence-electron chi connectivity index (χ1n) is 9.19. The normalized spacial score (nSPS) is 12.1. The van der Waals surface area contributed by atoms with Crippen molar-refractivity contribution in [3.63, 3.8) is 0 Å². The number of benzene rings is 3. The molecule has 142 valence electrons. The first-order valence-corrected chi connectivity index (χ1v) is 10.2. The van der Waals surface area contributed by atoms with E-state index in [2.05, 4.69) is 36.2 Å². The van der Waals surface area contributed by atoms with Crippen LogP contribution >= 0.6 is 11.8 Å². The average Bonchev–Trinajstić information content (AvgIpc) is 2.71. The standard InChI is InChI=1S/C24H16FNO2S.Na/c1-13-3-2-4-14(9-13)15-5-7-17-21(10-15)29-12-19-22(24(27)28)18-11-16(25)6-8-20(18)26-23(17)19;/h2-11H,12H2,1H3,(H,27,28);/q;+1/p-1. The number of carbonyl (C=O) groups is 1. The molecule has 4 aromatic rings. The molecule has 0 atom stereocenters. The molecule has 0 aliphatic carbocycles. The maximum Gasteiger partial charge on any atom is 1.00 e. The molecule has 2 heterocycles. The van der Waals surface area contributed by atoms with E-state index in [9.17, 15) is 14.3 Å². The molecule has 5 rings (SSSR count). The van der Waals surface area contributed by atoms with Crippen molar-refractivity contribution >= 4 is 28.6 Å². The van der Waals surface area contributed by atoms with Crippen LogP contribution in [0.15, 0.2) is 65.6 Å². The Bertz CT molecular complexity index is 1320. The van der Waals surface area contributed by atoms with Crippen molar-refractivity contribution in [2.45, 2.75) is 17.6 Å². The summed E-state index contributed by atoms with van der Waals surface area (Å²) in [4.78, 5) is 17.6. The Hall–Kier alpha value is -2.18. The topological polar surface area (TPSA) is 53.0 Å². The van der Waals surface area contributed by atoms with Crippen LogP contribution in [0, 0.1) is 12.7 Å². The van der Waals surface area contributed by atoms with Gasteiger partial charge in [-0.15, -0.1) is 11.8 Å². The zero-order valence-electron chi connectivity index (χ0n) is 16.5. The van der Waals surface area contributed by atoms with Crippen LogP contribution in [0.1, 0.15) is 21.5 Å². The Morgan fingerprint density at radius 2 is 1.87 bits per heavy atom. The van der Waals surface area contributed by atoms with Crippen LogP contribution in [0.3, 0.4) is 0 Å². The molecule has 30 heavy (non-hydrogen) atoms. The third kappa shape index (κ3) is 3.56. The van der Waals surface area contributed by atoms with Gasteiger partial charge >= 0.3 is 29.6 Å². The second kappa shape index (κ2) is 8.16. The summed E-state index contributed by atoms with van der Waals surface area (Å²) in [6, 6.07) is 18.5. The molecule has 0 spiro atoms. The van der Waals surface area contributed by atoms with Gasteiger partial charge in [-0.25, -0.2) is 9.37 Å². The van der Waals surface area contributed by atoms with Gasteiger partial charge in [-0.3, -0.25) is 0 Å². The fourth-order valence-electron chi connectivity index (χ4n) is 3.86. The van der Waals surface area contributed by atoms with E-state index >= 15 is 0 Å². The second-order valence-corrected chi connectivity index (χ2v) is 8.15. The molecule has 1 aliphatic heterocycles. The van der Waals surface area contributed by atoms with Crippen LogP contribution in [-0.2, 0) is 5.75 Å². The number of aromatic carboxylic acids is 1. The molecule has 1 aromatic heterocycles. The number of nitrogens with zero attached hydrogens (tertiary/aromatic N) is 1. The van der Waals surface area contributed by atoms with Crippen molar-refractivity contribution in [1.29, 1.82) is 0 Å². The van der Waals surface area contributed by atoms with Gasteiger partial charge in [0, 0.05) is 27.2 Å². The van der Waals surface area contributed by atoms with Gasteiger partial charge in [0.1, 0.15) is 5.82 Å². The molecule has 0 radical (unpaired) electrons. The smallest absolute Gasteiger partial charge is 0.545 e. The van der Waals surface area contributed by atoms with Gasteiger partial charge in [-0.2, -0.15) is 0 Å². The van der Waals surface area contributed by atoms with Crippen molar-refractivity contribution in [3.05, 3.63) is 83.2 Å². The molecule has 0 N–H and O–H groups in total. The van der Waals surface area contributed by atoms with Gasteiger partial charge in [0.2, 0.25) is 0 Å². The van der Waals surface area contributed by atoms with Crippen LogP contribution in [0.4, 0.5) is 4.39 Å². The molecule has 0 fully saturated rings. The van der Waals surface area contributed by atoms with E-state index in [-0.39, 0.29) is 40.5 Å². The van der Waals surface area contributed by atoms with Crippen molar-refractivity contribution in [1.82, 2.24) is 4.98 Å². The van der Waals surface area contributed by atoms with Gasteiger partial charge in [0.25, 0.3) is 0 Å². The van der Waals surface area contributed by atoms with E-state index in [1.165, 1.54) is 23.8 Å². The maximum atomic E-state index is 13.7. The number of rotatable bonds is 2. The summed E-state index contributed by atoms with van der Waals surface area (Å²) in [7, 11) is 0. The molecule has 6 heteroatoms. The van der Waals surface area contributed by atoms with Crippen molar-refractivity contribution < 1.29 is 43.8 Å². The SMILES string of the molecule is Cc1cccc(-c2ccc3c(c2)SCc2c-3nc3ccc(F)cc3c2C(=O)[O-])c1.[Na+]. The number of hydrogen-bond donors (Lipinski definition) is 0. The summed E-state index contributed by atoms with van der Waals surface area (Å²) >= 11 is 1.56. The number of aromatic nitrogens is 1. The molecule has 3 aromatic carbocycles. The van der Waals surface area contributed by atoms with Crippen molar-refractivity contribution in [3.8, 4) is 22.4 Å². The van der Waals surface area contributed by atoms with Crippen LogP contribution in [-0.4, -0.2) is 11.0 Å². The molecule has 3 nitrogen and oxygen atoms in total. The monoisotopic (exact) mass is 423 g/mol. The van der Waals surface area contributed by atoms with Crippen molar-refractivity contribution in [2.75, 3.05) is 0 Å². The zero-order chi connectivity index (χ0) is 20.1. The second-order valence-electron chi connectivity index (χ2n) is 7.13. The van der Waals surface area contributed by atoms with Crippen LogP contribution in [0.5, 0.6) is 0 Å². The summed E-state index contributed by atoms with van der Waals surface area (Å²) in [5, 5.41) is 12.2. The Morgan fingerprint density at radius 3 is 2.63 bits per heavy atom. The summed E-state index contributed by atoms with van der Waals surface area (Å²) in [6.07, 6.45) is 0. The Labute approximate surface area is 199 Å². The predicted octanol–water partition coefficient (Wildman–Crippen LogP) is 1.99. The largest absolute Gasteiger partial charge is 1.00 e. The summed E-state index contributed by atoms with van der Waals surface area (Å²) < 4.78 is 13.7. The minimum absolute atomic E-state index is 0. The van der Waals surface area contributed by atoms with Crippen LogP contribution in [0.2, 0.25) is 0 Å². The third-order valence-corrected chi connectivity index (χ3v) is 6.29. The number of fused-ring (bicyclic) bond motifs is 4. The van der Waals surface area contributed by atoms with E-state index in [0.29, 0.717) is 22.5 Å². The summed E-state index contributed by atoms with van der Waals surface area (Å²) in [6.45, 7) is 2.06. The Kier molecular flexibility index (Phi) is 5.73. The van der Waals surface area contributed by atoms with E-state index in [1.54, 1.807) is 11.8 Å². The number of thioether (sulfide) groups is 1.